The lowest BCUT2D eigenvalue weighted by Gasteiger charge is -2.17. The van der Waals surface area contributed by atoms with Gasteiger partial charge in [0.05, 0.1) is 0 Å². The maximum Gasteiger partial charge on any atom is 0.230 e. The number of fused-ring (bicyclic) bond motifs is 1. The quantitative estimate of drug-likeness (QED) is 0.749. The molecule has 1 aliphatic rings. The molecule has 2 heteroatoms. The predicted molar refractivity (Wildman–Crippen MR) is 104 cm³/mol. The minimum Gasteiger partial charge on any atom is -0.285 e. The first-order valence-corrected chi connectivity index (χ1v) is 9.40. The molecule has 132 valence electrons. The largest absolute Gasteiger partial charge is 0.285 e. The lowest BCUT2D eigenvalue weighted by molar-refractivity contribution is 0.646. The van der Waals surface area contributed by atoms with Crippen LogP contribution in [0.1, 0.15) is 81.7 Å². The summed E-state index contributed by atoms with van der Waals surface area (Å²) in [5, 5.41) is 0. The van der Waals surface area contributed by atoms with E-state index in [2.05, 4.69) is 32.0 Å². The van der Waals surface area contributed by atoms with E-state index in [1.807, 2.05) is 27.7 Å². The monoisotopic (exact) mass is 328 g/mol. The Balaban J connectivity index is 0.000000671. The molecule has 0 spiro atoms. The zero-order valence-corrected chi connectivity index (χ0v) is 16.3. The first-order chi connectivity index (χ1) is 11.5. The summed E-state index contributed by atoms with van der Waals surface area (Å²) in [7, 11) is 0. The molecule has 1 aliphatic carbocycles. The van der Waals surface area contributed by atoms with Gasteiger partial charge >= 0.3 is 0 Å². The Morgan fingerprint density at radius 2 is 1.67 bits per heavy atom. The summed E-state index contributed by atoms with van der Waals surface area (Å²) in [5.41, 5.74) is 4.87. The molecule has 0 saturated carbocycles. The highest BCUT2D eigenvalue weighted by Gasteiger charge is 2.31. The molecule has 0 aromatic heterocycles. The Labute approximate surface area is 146 Å². The number of benzene rings is 1. The maximum absolute atomic E-state index is 11.8. The van der Waals surface area contributed by atoms with Crippen molar-refractivity contribution < 1.29 is 0 Å². The summed E-state index contributed by atoms with van der Waals surface area (Å²) in [6.07, 6.45) is 3.04. The van der Waals surface area contributed by atoms with E-state index in [1.165, 1.54) is 16.7 Å². The topological polar surface area (TPSA) is 34.1 Å². The second-order valence-electron chi connectivity index (χ2n) is 6.42. The molecule has 0 N–H and O–H groups in total. The fraction of sp³-hybridized carbons (Fsp3) is 0.545. The number of rotatable bonds is 3. The van der Waals surface area contributed by atoms with Gasteiger partial charge in [-0.2, -0.15) is 0 Å². The van der Waals surface area contributed by atoms with Gasteiger partial charge in [-0.3, -0.25) is 9.59 Å². The first-order valence-electron chi connectivity index (χ1n) is 9.40. The van der Waals surface area contributed by atoms with Gasteiger partial charge in [-0.25, -0.2) is 0 Å². The SMILES string of the molecule is CC.CC.Cc1c(C2CCc3ccc(CC(C)C)cc32)c(=O)c1=O. The van der Waals surface area contributed by atoms with Crippen LogP contribution in [0.3, 0.4) is 0 Å². The summed E-state index contributed by atoms with van der Waals surface area (Å²) < 4.78 is 0. The molecule has 24 heavy (non-hydrogen) atoms. The lowest BCUT2D eigenvalue weighted by atomic mass is 9.85. The van der Waals surface area contributed by atoms with E-state index in [0.29, 0.717) is 11.5 Å². The molecular formula is C22H32O2. The standard InChI is InChI=1S/C18H20O2.2C2H6/c1-10(2)8-12-4-5-13-6-7-14(15(13)9-12)16-11(3)17(19)18(16)20;2*1-2/h4-5,9-10,14H,6-8H2,1-3H3;2*1-2H3. The summed E-state index contributed by atoms with van der Waals surface area (Å²) in [5.74, 6) is 0.781. The Morgan fingerprint density at radius 3 is 2.21 bits per heavy atom. The minimum absolute atomic E-state index is 0.155. The second kappa shape index (κ2) is 8.96. The van der Waals surface area contributed by atoms with Gasteiger partial charge < -0.3 is 0 Å². The van der Waals surface area contributed by atoms with E-state index in [-0.39, 0.29) is 16.8 Å². The van der Waals surface area contributed by atoms with Crippen molar-refractivity contribution in [2.45, 2.75) is 73.6 Å². The second-order valence-corrected chi connectivity index (χ2v) is 6.42. The molecule has 0 bridgehead atoms. The number of aryl methyl sites for hydroxylation is 1. The van der Waals surface area contributed by atoms with Crippen LogP contribution in [0.4, 0.5) is 0 Å². The molecule has 1 atom stereocenters. The fourth-order valence-electron chi connectivity index (χ4n) is 3.49. The van der Waals surface area contributed by atoms with Crippen molar-refractivity contribution in [2.24, 2.45) is 5.92 Å². The fourth-order valence-corrected chi connectivity index (χ4v) is 3.49. The molecule has 0 heterocycles. The van der Waals surface area contributed by atoms with Crippen LogP contribution in [0.5, 0.6) is 0 Å². The van der Waals surface area contributed by atoms with E-state index < -0.39 is 0 Å². The van der Waals surface area contributed by atoms with Crippen LogP contribution in [0, 0.1) is 12.8 Å². The average molecular weight is 328 g/mol. The molecule has 2 nitrogen and oxygen atoms in total. The van der Waals surface area contributed by atoms with Crippen LogP contribution in [-0.2, 0) is 12.8 Å². The van der Waals surface area contributed by atoms with Crippen molar-refractivity contribution >= 4 is 0 Å². The van der Waals surface area contributed by atoms with Gasteiger partial charge in [0.2, 0.25) is 10.9 Å². The van der Waals surface area contributed by atoms with E-state index in [0.717, 1.165) is 24.8 Å². The molecule has 1 unspecified atom stereocenters. The molecule has 0 radical (unpaired) electrons. The van der Waals surface area contributed by atoms with Crippen LogP contribution in [0.2, 0.25) is 0 Å². The molecule has 0 saturated heterocycles. The normalized spacial score (nSPS) is 15.4. The van der Waals surface area contributed by atoms with Crippen LogP contribution >= 0.6 is 0 Å². The summed E-state index contributed by atoms with van der Waals surface area (Å²) >= 11 is 0. The van der Waals surface area contributed by atoms with E-state index in [4.69, 9.17) is 0 Å². The van der Waals surface area contributed by atoms with Gasteiger partial charge in [0.25, 0.3) is 0 Å². The molecular weight excluding hydrogens is 296 g/mol. The highest BCUT2D eigenvalue weighted by molar-refractivity contribution is 5.48. The Hall–Kier alpha value is -1.70. The Kier molecular flexibility index (Phi) is 7.59. The Bertz CT molecular complexity index is 731. The minimum atomic E-state index is -0.285. The van der Waals surface area contributed by atoms with Gasteiger partial charge in [0, 0.05) is 17.0 Å². The third-order valence-corrected chi connectivity index (χ3v) is 4.48. The average Bonchev–Trinajstić information content (AvgIpc) is 3.00. The zero-order chi connectivity index (χ0) is 18.4. The van der Waals surface area contributed by atoms with Crippen LogP contribution < -0.4 is 10.9 Å². The summed E-state index contributed by atoms with van der Waals surface area (Å²) in [4.78, 5) is 23.3. The van der Waals surface area contributed by atoms with Gasteiger partial charge in [-0.15, -0.1) is 0 Å². The van der Waals surface area contributed by atoms with Crippen LogP contribution in [0.15, 0.2) is 27.8 Å². The van der Waals surface area contributed by atoms with E-state index in [9.17, 15) is 9.59 Å². The van der Waals surface area contributed by atoms with Crippen molar-refractivity contribution in [3.05, 3.63) is 66.5 Å². The van der Waals surface area contributed by atoms with E-state index in [1.54, 1.807) is 6.92 Å². The third-order valence-electron chi connectivity index (χ3n) is 4.48. The number of hydrogen-bond acceptors (Lipinski definition) is 2. The molecule has 2 aromatic carbocycles. The molecule has 0 fully saturated rings. The first kappa shape index (κ1) is 20.3. The van der Waals surface area contributed by atoms with Crippen molar-refractivity contribution in [1.29, 1.82) is 0 Å². The summed E-state index contributed by atoms with van der Waals surface area (Å²) in [6, 6.07) is 6.66. The van der Waals surface area contributed by atoms with Gasteiger partial charge in [0.1, 0.15) is 0 Å². The van der Waals surface area contributed by atoms with Gasteiger partial charge in [0.15, 0.2) is 0 Å². The molecule has 0 amide bonds. The van der Waals surface area contributed by atoms with Crippen molar-refractivity contribution in [3.63, 3.8) is 0 Å². The van der Waals surface area contributed by atoms with E-state index >= 15 is 0 Å². The smallest absolute Gasteiger partial charge is 0.230 e. The molecule has 2 aromatic rings. The zero-order valence-electron chi connectivity index (χ0n) is 16.3. The highest BCUT2D eigenvalue weighted by Crippen LogP contribution is 2.38. The van der Waals surface area contributed by atoms with Crippen molar-refractivity contribution in [2.75, 3.05) is 0 Å². The van der Waals surface area contributed by atoms with Gasteiger partial charge in [-0.1, -0.05) is 59.7 Å². The van der Waals surface area contributed by atoms with Crippen LogP contribution in [-0.4, -0.2) is 0 Å². The highest BCUT2D eigenvalue weighted by atomic mass is 16.2. The van der Waals surface area contributed by atoms with Crippen molar-refractivity contribution in [1.82, 2.24) is 0 Å². The maximum atomic E-state index is 11.8. The van der Waals surface area contributed by atoms with Gasteiger partial charge in [-0.05, 0) is 48.8 Å². The molecule has 3 rings (SSSR count). The van der Waals surface area contributed by atoms with Crippen molar-refractivity contribution in [3.8, 4) is 0 Å². The molecule has 0 aliphatic heterocycles. The Morgan fingerprint density at radius 1 is 1.04 bits per heavy atom. The number of hydrogen-bond donors (Lipinski definition) is 0. The predicted octanol–water partition coefficient (Wildman–Crippen LogP) is 4.92. The summed E-state index contributed by atoms with van der Waals surface area (Å²) in [6.45, 7) is 14.2. The lowest BCUT2D eigenvalue weighted by Crippen LogP contribution is -2.39. The third kappa shape index (κ3) is 3.85. The van der Waals surface area contributed by atoms with Crippen LogP contribution in [0.25, 0.3) is 0 Å².